The molecule has 1 amide bonds. The van der Waals surface area contributed by atoms with Crippen LogP contribution in [0.1, 0.15) is 21.7 Å². The topological polar surface area (TPSA) is 72.3 Å². The van der Waals surface area contributed by atoms with Gasteiger partial charge < -0.3 is 15.0 Å². The fraction of sp³-hybridized carbons (Fsp3) is 0.286. The van der Waals surface area contributed by atoms with Crippen molar-refractivity contribution in [1.82, 2.24) is 14.8 Å². The van der Waals surface area contributed by atoms with Crippen LogP contribution in [0.4, 0.5) is 15.9 Å². The summed E-state index contributed by atoms with van der Waals surface area (Å²) >= 11 is 0. The van der Waals surface area contributed by atoms with Crippen molar-refractivity contribution in [2.75, 3.05) is 36.5 Å². The molecule has 1 aromatic carbocycles. The van der Waals surface area contributed by atoms with Gasteiger partial charge in [-0.15, -0.1) is 0 Å². The Kier molecular flexibility index (Phi) is 5.26. The van der Waals surface area contributed by atoms with Gasteiger partial charge in [0.15, 0.2) is 0 Å². The summed E-state index contributed by atoms with van der Waals surface area (Å²) < 4.78 is 20.2. The van der Waals surface area contributed by atoms with Gasteiger partial charge in [-0.2, -0.15) is 5.10 Å². The van der Waals surface area contributed by atoms with Crippen molar-refractivity contribution >= 4 is 17.4 Å². The number of anilines is 2. The third kappa shape index (κ3) is 3.97. The minimum absolute atomic E-state index is 0.278. The number of amides is 1. The second-order valence-corrected chi connectivity index (χ2v) is 6.89. The van der Waals surface area contributed by atoms with E-state index in [-0.39, 0.29) is 11.7 Å². The summed E-state index contributed by atoms with van der Waals surface area (Å²) in [5.74, 6) is -0.125. The van der Waals surface area contributed by atoms with E-state index in [2.05, 4.69) is 20.3 Å². The fourth-order valence-electron chi connectivity index (χ4n) is 3.45. The highest BCUT2D eigenvalue weighted by Crippen LogP contribution is 2.21. The first kappa shape index (κ1) is 19.1. The van der Waals surface area contributed by atoms with Gasteiger partial charge in [-0.25, -0.2) is 14.1 Å². The lowest BCUT2D eigenvalue weighted by Crippen LogP contribution is -2.36. The molecule has 3 aromatic rings. The number of nitrogens with one attached hydrogen (secondary N) is 1. The van der Waals surface area contributed by atoms with Crippen LogP contribution in [0.3, 0.4) is 0 Å². The predicted octanol–water partition coefficient (Wildman–Crippen LogP) is 3.11. The zero-order valence-corrected chi connectivity index (χ0v) is 16.4. The summed E-state index contributed by atoms with van der Waals surface area (Å²) in [6.45, 7) is 6.65. The second kappa shape index (κ2) is 8.00. The maximum atomic E-state index is 13.2. The summed E-state index contributed by atoms with van der Waals surface area (Å²) in [7, 11) is 0. The number of benzene rings is 1. The van der Waals surface area contributed by atoms with E-state index in [4.69, 9.17) is 4.74 Å². The molecule has 0 radical (unpaired) electrons. The minimum Gasteiger partial charge on any atom is -0.378 e. The highest BCUT2D eigenvalue weighted by molar-refractivity contribution is 6.05. The summed E-state index contributed by atoms with van der Waals surface area (Å²) in [5, 5.41) is 7.28. The van der Waals surface area contributed by atoms with Crippen LogP contribution in [0.15, 0.2) is 42.6 Å². The molecule has 150 valence electrons. The number of morpholine rings is 1. The van der Waals surface area contributed by atoms with Crippen molar-refractivity contribution < 1.29 is 13.9 Å². The van der Waals surface area contributed by atoms with Gasteiger partial charge in [-0.3, -0.25) is 4.79 Å². The molecule has 0 bridgehead atoms. The van der Waals surface area contributed by atoms with Crippen molar-refractivity contribution in [3.05, 3.63) is 65.4 Å². The third-order valence-electron chi connectivity index (χ3n) is 4.96. The predicted molar refractivity (Wildman–Crippen MR) is 108 cm³/mol. The number of nitrogens with zero attached hydrogens (tertiary/aromatic N) is 4. The van der Waals surface area contributed by atoms with Crippen LogP contribution < -0.4 is 10.2 Å². The van der Waals surface area contributed by atoms with E-state index in [0.29, 0.717) is 41.7 Å². The number of halogens is 1. The van der Waals surface area contributed by atoms with Crippen molar-refractivity contribution in [3.63, 3.8) is 0 Å². The smallest absolute Gasteiger partial charge is 0.260 e. The lowest BCUT2D eigenvalue weighted by atomic mass is 10.2. The Labute approximate surface area is 168 Å². The van der Waals surface area contributed by atoms with Gasteiger partial charge >= 0.3 is 0 Å². The molecular weight excluding hydrogens is 373 g/mol. The molecule has 8 heteroatoms. The van der Waals surface area contributed by atoms with Gasteiger partial charge in [0.1, 0.15) is 11.6 Å². The second-order valence-electron chi connectivity index (χ2n) is 6.89. The van der Waals surface area contributed by atoms with E-state index in [9.17, 15) is 9.18 Å². The van der Waals surface area contributed by atoms with Gasteiger partial charge in [0.25, 0.3) is 5.91 Å². The van der Waals surface area contributed by atoms with E-state index in [1.54, 1.807) is 36.0 Å². The molecule has 0 aliphatic carbocycles. The number of hydrogen-bond donors (Lipinski definition) is 1. The maximum Gasteiger partial charge on any atom is 0.260 e. The summed E-state index contributed by atoms with van der Waals surface area (Å²) in [6.07, 6.45) is 1.75. The Hall–Kier alpha value is -3.26. The molecule has 1 fully saturated rings. The molecule has 7 nitrogen and oxygen atoms in total. The fourth-order valence-corrected chi connectivity index (χ4v) is 3.45. The van der Waals surface area contributed by atoms with Gasteiger partial charge in [0.2, 0.25) is 0 Å². The minimum atomic E-state index is -0.320. The standard InChI is InChI=1S/C21H22FN5O2/c1-14-20(15(2)27(25-14)17-5-3-16(22)4-6-17)21(28)24-19-8-7-18(13-23-19)26-9-11-29-12-10-26/h3-8,13H,9-12H2,1-2H3,(H,23,24,28). The summed E-state index contributed by atoms with van der Waals surface area (Å²) in [6, 6.07) is 9.72. The molecule has 2 aromatic heterocycles. The molecule has 0 saturated carbocycles. The normalized spacial score (nSPS) is 14.1. The molecule has 29 heavy (non-hydrogen) atoms. The molecule has 1 saturated heterocycles. The van der Waals surface area contributed by atoms with E-state index in [0.717, 1.165) is 18.8 Å². The van der Waals surface area contributed by atoms with E-state index in [1.807, 2.05) is 13.0 Å². The van der Waals surface area contributed by atoms with Crippen LogP contribution in [0, 0.1) is 19.7 Å². The number of carbonyl (C=O) groups excluding carboxylic acids is 1. The lowest BCUT2D eigenvalue weighted by Gasteiger charge is -2.28. The highest BCUT2D eigenvalue weighted by atomic mass is 19.1. The van der Waals surface area contributed by atoms with Crippen LogP contribution in [0.25, 0.3) is 5.69 Å². The summed E-state index contributed by atoms with van der Waals surface area (Å²) in [4.78, 5) is 19.4. The van der Waals surface area contributed by atoms with Gasteiger partial charge in [-0.05, 0) is 50.2 Å². The van der Waals surface area contributed by atoms with E-state index >= 15 is 0 Å². The number of aryl methyl sites for hydroxylation is 1. The number of rotatable bonds is 4. The van der Waals surface area contributed by atoms with E-state index in [1.165, 1.54) is 12.1 Å². The number of ether oxygens (including phenoxy) is 1. The zero-order chi connectivity index (χ0) is 20.4. The average molecular weight is 395 g/mol. The third-order valence-corrected chi connectivity index (χ3v) is 4.96. The Morgan fingerprint density at radius 2 is 1.76 bits per heavy atom. The number of carbonyl (C=O) groups is 1. The SMILES string of the molecule is Cc1nn(-c2ccc(F)cc2)c(C)c1C(=O)Nc1ccc(N2CCOCC2)cn1. The maximum absolute atomic E-state index is 13.2. The molecule has 1 N–H and O–H groups in total. The number of aromatic nitrogens is 3. The Bertz CT molecular complexity index is 1010. The molecule has 3 heterocycles. The van der Waals surface area contributed by atoms with Crippen molar-refractivity contribution in [1.29, 1.82) is 0 Å². The van der Waals surface area contributed by atoms with Crippen molar-refractivity contribution in [2.24, 2.45) is 0 Å². The van der Waals surface area contributed by atoms with Crippen LogP contribution in [-0.2, 0) is 4.74 Å². The van der Waals surface area contributed by atoms with Gasteiger partial charge in [0.05, 0.1) is 47.7 Å². The number of hydrogen-bond acceptors (Lipinski definition) is 5. The zero-order valence-electron chi connectivity index (χ0n) is 16.4. The van der Waals surface area contributed by atoms with Crippen molar-refractivity contribution in [2.45, 2.75) is 13.8 Å². The molecule has 4 rings (SSSR count). The van der Waals surface area contributed by atoms with Crippen LogP contribution >= 0.6 is 0 Å². The van der Waals surface area contributed by atoms with E-state index < -0.39 is 0 Å². The van der Waals surface area contributed by atoms with Gasteiger partial charge in [-0.1, -0.05) is 0 Å². The van der Waals surface area contributed by atoms with Crippen LogP contribution in [-0.4, -0.2) is 47.0 Å². The lowest BCUT2D eigenvalue weighted by molar-refractivity contribution is 0.102. The molecule has 1 aliphatic heterocycles. The molecule has 0 atom stereocenters. The molecule has 0 spiro atoms. The molecular formula is C21H22FN5O2. The van der Waals surface area contributed by atoms with Gasteiger partial charge in [0, 0.05) is 13.1 Å². The first-order valence-electron chi connectivity index (χ1n) is 9.45. The Morgan fingerprint density at radius 3 is 2.41 bits per heavy atom. The molecule has 1 aliphatic rings. The van der Waals surface area contributed by atoms with Crippen LogP contribution in [0.5, 0.6) is 0 Å². The Morgan fingerprint density at radius 1 is 1.07 bits per heavy atom. The van der Waals surface area contributed by atoms with Crippen molar-refractivity contribution in [3.8, 4) is 5.69 Å². The first-order chi connectivity index (χ1) is 14.0. The molecule has 0 unspecified atom stereocenters. The number of pyridine rings is 1. The Balaban J connectivity index is 1.52. The largest absolute Gasteiger partial charge is 0.378 e. The van der Waals surface area contributed by atoms with Crippen LogP contribution in [0.2, 0.25) is 0 Å². The average Bonchev–Trinajstić information content (AvgIpc) is 3.04. The quantitative estimate of drug-likeness (QED) is 0.735. The highest BCUT2D eigenvalue weighted by Gasteiger charge is 2.20. The monoisotopic (exact) mass is 395 g/mol. The first-order valence-corrected chi connectivity index (χ1v) is 9.45. The summed E-state index contributed by atoms with van der Waals surface area (Å²) in [5.41, 5.74) is 3.45.